The molecule has 0 radical (unpaired) electrons. The number of benzene rings is 2. The lowest BCUT2D eigenvalue weighted by atomic mass is 10.0. The molecule has 2 aliphatic rings. The fraction of sp³-hybridized carbons (Fsp3) is 0.440. The largest absolute Gasteiger partial charge is 0.369 e. The third-order valence-corrected chi connectivity index (χ3v) is 6.22. The lowest BCUT2D eigenvalue weighted by Gasteiger charge is -2.34. The van der Waals surface area contributed by atoms with Gasteiger partial charge < -0.3 is 9.80 Å². The van der Waals surface area contributed by atoms with Crippen molar-refractivity contribution >= 4 is 17.3 Å². The minimum Gasteiger partial charge on any atom is -0.369 e. The standard InChI is InChI=1S/C25H30N4O/c1-27-15-17-28(18-16-27)23-10-8-21(9-11-23)22-3-2-4-24(19-22)29(14-13-26)25(30)12-7-20-5-6-20/h2-4,8-11,19-20H,5-7,12,14-18H2,1H3. The van der Waals surface area contributed by atoms with E-state index >= 15 is 0 Å². The van der Waals surface area contributed by atoms with Crippen LogP contribution in [-0.2, 0) is 4.79 Å². The molecule has 30 heavy (non-hydrogen) atoms. The van der Waals surface area contributed by atoms with E-state index in [4.69, 9.17) is 0 Å². The lowest BCUT2D eigenvalue weighted by Crippen LogP contribution is -2.44. The number of nitriles is 1. The van der Waals surface area contributed by atoms with Gasteiger partial charge in [-0.2, -0.15) is 5.26 Å². The zero-order valence-electron chi connectivity index (χ0n) is 17.8. The number of piperazine rings is 1. The first-order valence-corrected chi connectivity index (χ1v) is 11.0. The summed E-state index contributed by atoms with van der Waals surface area (Å²) in [7, 11) is 2.17. The van der Waals surface area contributed by atoms with Gasteiger partial charge in [0.1, 0.15) is 6.54 Å². The van der Waals surface area contributed by atoms with Crippen molar-refractivity contribution in [1.29, 1.82) is 5.26 Å². The maximum Gasteiger partial charge on any atom is 0.227 e. The van der Waals surface area contributed by atoms with Crippen molar-refractivity contribution < 1.29 is 4.79 Å². The highest BCUT2D eigenvalue weighted by Gasteiger charge is 2.24. The Labute approximate surface area is 179 Å². The topological polar surface area (TPSA) is 50.6 Å². The molecular weight excluding hydrogens is 372 g/mol. The first-order chi connectivity index (χ1) is 14.6. The Hall–Kier alpha value is -2.84. The molecule has 2 aromatic rings. The average molecular weight is 403 g/mol. The third-order valence-electron chi connectivity index (χ3n) is 6.22. The summed E-state index contributed by atoms with van der Waals surface area (Å²) < 4.78 is 0. The molecule has 0 aromatic heterocycles. The number of likely N-dealkylation sites (N-methyl/N-ethyl adjacent to an activating group) is 1. The van der Waals surface area contributed by atoms with E-state index in [1.54, 1.807) is 4.90 Å². The van der Waals surface area contributed by atoms with Crippen molar-refractivity contribution in [2.45, 2.75) is 25.7 Å². The number of carbonyl (C=O) groups excluding carboxylic acids is 1. The molecule has 2 aromatic carbocycles. The summed E-state index contributed by atoms with van der Waals surface area (Å²) in [5.74, 6) is 0.758. The Morgan fingerprint density at radius 1 is 1.07 bits per heavy atom. The van der Waals surface area contributed by atoms with Crippen molar-refractivity contribution in [3.05, 3.63) is 48.5 Å². The molecule has 1 saturated carbocycles. The summed E-state index contributed by atoms with van der Waals surface area (Å²) in [6.45, 7) is 4.38. The summed E-state index contributed by atoms with van der Waals surface area (Å²) in [5.41, 5.74) is 4.25. The molecule has 0 spiro atoms. The van der Waals surface area contributed by atoms with Gasteiger partial charge in [0.2, 0.25) is 5.91 Å². The van der Waals surface area contributed by atoms with Crippen LogP contribution in [0.25, 0.3) is 11.1 Å². The molecule has 156 valence electrons. The molecule has 1 saturated heterocycles. The first kappa shape index (κ1) is 20.4. The second-order valence-corrected chi connectivity index (χ2v) is 8.51. The molecule has 2 fully saturated rings. The molecular formula is C25H30N4O. The van der Waals surface area contributed by atoms with E-state index in [2.05, 4.69) is 53.2 Å². The third kappa shape index (κ3) is 5.01. The van der Waals surface area contributed by atoms with Gasteiger partial charge in [0.05, 0.1) is 6.07 Å². The monoisotopic (exact) mass is 402 g/mol. The van der Waals surface area contributed by atoms with Crippen LogP contribution >= 0.6 is 0 Å². The number of carbonyl (C=O) groups is 1. The van der Waals surface area contributed by atoms with Crippen molar-refractivity contribution in [2.75, 3.05) is 49.6 Å². The van der Waals surface area contributed by atoms with Gasteiger partial charge in [-0.1, -0.05) is 37.1 Å². The van der Waals surface area contributed by atoms with Crippen LogP contribution in [0.2, 0.25) is 0 Å². The van der Waals surface area contributed by atoms with Gasteiger partial charge in [-0.05, 0) is 54.8 Å². The molecule has 0 unspecified atom stereocenters. The number of amides is 1. The van der Waals surface area contributed by atoms with Gasteiger partial charge in [-0.25, -0.2) is 0 Å². The lowest BCUT2D eigenvalue weighted by molar-refractivity contribution is -0.118. The highest BCUT2D eigenvalue weighted by Crippen LogP contribution is 2.34. The zero-order chi connectivity index (χ0) is 20.9. The maximum atomic E-state index is 12.7. The van der Waals surface area contributed by atoms with Gasteiger partial charge >= 0.3 is 0 Å². The Bertz CT molecular complexity index is 905. The van der Waals surface area contributed by atoms with E-state index in [0.717, 1.165) is 49.4 Å². The van der Waals surface area contributed by atoms with E-state index in [1.165, 1.54) is 18.5 Å². The summed E-state index contributed by atoms with van der Waals surface area (Å²) in [6.07, 6.45) is 3.95. The number of rotatable bonds is 7. The van der Waals surface area contributed by atoms with E-state index in [-0.39, 0.29) is 12.5 Å². The van der Waals surface area contributed by atoms with Crippen LogP contribution in [0.5, 0.6) is 0 Å². The molecule has 5 heteroatoms. The molecule has 0 atom stereocenters. The van der Waals surface area contributed by atoms with Crippen LogP contribution < -0.4 is 9.80 Å². The van der Waals surface area contributed by atoms with E-state index in [1.807, 2.05) is 18.2 Å². The summed E-state index contributed by atoms with van der Waals surface area (Å²) in [6, 6.07) is 18.8. The molecule has 0 bridgehead atoms. The predicted molar refractivity (Wildman–Crippen MR) is 122 cm³/mol. The van der Waals surface area contributed by atoms with Gasteiger partial charge in [0.15, 0.2) is 0 Å². The van der Waals surface area contributed by atoms with Crippen LogP contribution in [0.15, 0.2) is 48.5 Å². The Balaban J connectivity index is 1.48. The van der Waals surface area contributed by atoms with Gasteiger partial charge in [-0.15, -0.1) is 0 Å². The zero-order valence-corrected chi connectivity index (χ0v) is 17.8. The van der Waals surface area contributed by atoms with Crippen molar-refractivity contribution in [3.63, 3.8) is 0 Å². The minimum absolute atomic E-state index is 0.0472. The summed E-state index contributed by atoms with van der Waals surface area (Å²) in [4.78, 5) is 19.1. The van der Waals surface area contributed by atoms with Crippen molar-refractivity contribution in [2.24, 2.45) is 5.92 Å². The molecule has 1 heterocycles. The summed E-state index contributed by atoms with van der Waals surface area (Å²) in [5, 5.41) is 9.24. The molecule has 0 N–H and O–H groups in total. The van der Waals surface area contributed by atoms with Gasteiger partial charge in [0.25, 0.3) is 0 Å². The molecule has 1 amide bonds. The fourth-order valence-corrected chi connectivity index (χ4v) is 4.05. The van der Waals surface area contributed by atoms with Crippen LogP contribution in [0.3, 0.4) is 0 Å². The first-order valence-electron chi connectivity index (χ1n) is 11.0. The number of anilines is 2. The Morgan fingerprint density at radius 3 is 2.47 bits per heavy atom. The number of hydrogen-bond donors (Lipinski definition) is 0. The van der Waals surface area contributed by atoms with Crippen LogP contribution in [0.4, 0.5) is 11.4 Å². The second kappa shape index (κ2) is 9.32. The minimum atomic E-state index is 0.0472. The van der Waals surface area contributed by atoms with E-state index < -0.39 is 0 Å². The SMILES string of the molecule is CN1CCN(c2ccc(-c3cccc(N(CC#N)C(=O)CCC4CC4)c3)cc2)CC1. The van der Waals surface area contributed by atoms with Gasteiger partial charge in [-0.3, -0.25) is 9.69 Å². The molecule has 1 aliphatic carbocycles. The maximum absolute atomic E-state index is 12.7. The van der Waals surface area contributed by atoms with E-state index in [9.17, 15) is 10.1 Å². The van der Waals surface area contributed by atoms with Crippen molar-refractivity contribution in [1.82, 2.24) is 4.90 Å². The van der Waals surface area contributed by atoms with Crippen LogP contribution in [0.1, 0.15) is 25.7 Å². The Morgan fingerprint density at radius 2 is 1.80 bits per heavy atom. The normalized spacial score (nSPS) is 16.9. The smallest absolute Gasteiger partial charge is 0.227 e. The number of hydrogen-bond acceptors (Lipinski definition) is 4. The average Bonchev–Trinajstić information content (AvgIpc) is 3.61. The van der Waals surface area contributed by atoms with E-state index in [0.29, 0.717) is 12.3 Å². The van der Waals surface area contributed by atoms with Crippen LogP contribution in [0, 0.1) is 17.2 Å². The highest BCUT2D eigenvalue weighted by molar-refractivity contribution is 5.94. The fourth-order valence-electron chi connectivity index (χ4n) is 4.05. The summed E-state index contributed by atoms with van der Waals surface area (Å²) >= 11 is 0. The quantitative estimate of drug-likeness (QED) is 0.653. The Kier molecular flexibility index (Phi) is 6.35. The predicted octanol–water partition coefficient (Wildman–Crippen LogP) is 4.15. The molecule has 5 nitrogen and oxygen atoms in total. The van der Waals surface area contributed by atoms with Crippen molar-refractivity contribution in [3.8, 4) is 17.2 Å². The van der Waals surface area contributed by atoms with Crippen LogP contribution in [-0.4, -0.2) is 50.6 Å². The number of nitrogens with zero attached hydrogens (tertiary/aromatic N) is 4. The highest BCUT2D eigenvalue weighted by atomic mass is 16.2. The second-order valence-electron chi connectivity index (χ2n) is 8.51. The molecule has 1 aliphatic heterocycles. The molecule has 4 rings (SSSR count). The van der Waals surface area contributed by atoms with Gasteiger partial charge in [0, 0.05) is 44.0 Å².